The third kappa shape index (κ3) is 6.25. The summed E-state index contributed by atoms with van der Waals surface area (Å²) in [4.78, 5) is 40.0. The Labute approximate surface area is 215 Å². The standard InChI is InChI=1S/C28H29N3O6/c1-35-17-16-29-27(33)24-25(37-28(34)31(24)18-19-6-4-3-5-7-19)20-8-12-22(13-9-20)30-26(32)21-10-14-23(36-2)15-11-21/h3-15,24-25H,16-18H2,1-2H3,(H,29,33)(H,30,32)/t24-,25-/m1/s1. The number of rotatable bonds is 10. The van der Waals surface area contributed by atoms with Gasteiger partial charge in [-0.25, -0.2) is 4.79 Å². The molecule has 1 aliphatic heterocycles. The summed E-state index contributed by atoms with van der Waals surface area (Å²) in [6.45, 7) is 0.885. The summed E-state index contributed by atoms with van der Waals surface area (Å²) >= 11 is 0. The van der Waals surface area contributed by atoms with E-state index in [0.29, 0.717) is 35.7 Å². The van der Waals surface area contributed by atoms with E-state index in [0.717, 1.165) is 5.56 Å². The number of nitrogens with one attached hydrogen (secondary N) is 2. The first-order valence-electron chi connectivity index (χ1n) is 11.8. The van der Waals surface area contributed by atoms with E-state index in [1.165, 1.54) is 4.90 Å². The lowest BCUT2D eigenvalue weighted by atomic mass is 10.00. The van der Waals surface area contributed by atoms with Gasteiger partial charge in [-0.05, 0) is 47.5 Å². The molecule has 0 aromatic heterocycles. The topological polar surface area (TPSA) is 106 Å². The van der Waals surface area contributed by atoms with Crippen molar-refractivity contribution in [2.75, 3.05) is 32.7 Å². The van der Waals surface area contributed by atoms with Gasteiger partial charge in [0.25, 0.3) is 5.91 Å². The molecule has 1 fully saturated rings. The Morgan fingerprint density at radius 2 is 1.65 bits per heavy atom. The van der Waals surface area contributed by atoms with E-state index in [9.17, 15) is 14.4 Å². The van der Waals surface area contributed by atoms with Gasteiger partial charge in [0.15, 0.2) is 12.1 Å². The number of cyclic esters (lactones) is 1. The molecule has 3 amide bonds. The van der Waals surface area contributed by atoms with Crippen LogP contribution in [-0.4, -0.2) is 56.2 Å². The smallest absolute Gasteiger partial charge is 0.411 e. The van der Waals surface area contributed by atoms with Gasteiger partial charge in [-0.1, -0.05) is 42.5 Å². The van der Waals surface area contributed by atoms with Crippen molar-refractivity contribution in [2.24, 2.45) is 0 Å². The van der Waals surface area contributed by atoms with E-state index in [2.05, 4.69) is 10.6 Å². The molecule has 192 valence electrons. The van der Waals surface area contributed by atoms with Crippen LogP contribution in [0.15, 0.2) is 78.9 Å². The molecule has 3 aromatic rings. The van der Waals surface area contributed by atoms with Crippen molar-refractivity contribution in [3.05, 3.63) is 95.6 Å². The van der Waals surface area contributed by atoms with E-state index in [1.807, 2.05) is 30.3 Å². The number of nitrogens with zero attached hydrogens (tertiary/aromatic N) is 1. The Kier molecular flexibility index (Phi) is 8.37. The summed E-state index contributed by atoms with van der Waals surface area (Å²) in [5.74, 6) is 0.0574. The van der Waals surface area contributed by atoms with Crippen LogP contribution >= 0.6 is 0 Å². The molecule has 0 bridgehead atoms. The minimum Gasteiger partial charge on any atom is -0.497 e. The van der Waals surface area contributed by atoms with Crippen molar-refractivity contribution >= 4 is 23.6 Å². The van der Waals surface area contributed by atoms with Crippen molar-refractivity contribution in [1.29, 1.82) is 0 Å². The third-order valence-electron chi connectivity index (χ3n) is 6.00. The van der Waals surface area contributed by atoms with Crippen LogP contribution in [0, 0.1) is 0 Å². The maximum Gasteiger partial charge on any atom is 0.411 e. The SMILES string of the molecule is COCCNC(=O)[C@H]1[C@@H](c2ccc(NC(=O)c3ccc(OC)cc3)cc2)OC(=O)N1Cc1ccccc1. The van der Waals surface area contributed by atoms with E-state index in [1.54, 1.807) is 62.8 Å². The number of benzene rings is 3. The average Bonchev–Trinajstić information content (AvgIpc) is 3.25. The monoisotopic (exact) mass is 503 g/mol. The highest BCUT2D eigenvalue weighted by atomic mass is 16.6. The van der Waals surface area contributed by atoms with Gasteiger partial charge in [0.05, 0.1) is 20.3 Å². The molecule has 1 aliphatic rings. The molecular weight excluding hydrogens is 474 g/mol. The zero-order valence-corrected chi connectivity index (χ0v) is 20.7. The number of carbonyl (C=O) groups excluding carboxylic acids is 3. The van der Waals surface area contributed by atoms with E-state index >= 15 is 0 Å². The first-order valence-corrected chi connectivity index (χ1v) is 11.8. The maximum absolute atomic E-state index is 13.2. The molecule has 3 aromatic carbocycles. The van der Waals surface area contributed by atoms with E-state index in [-0.39, 0.29) is 18.4 Å². The molecule has 2 atom stereocenters. The zero-order chi connectivity index (χ0) is 26.2. The van der Waals surface area contributed by atoms with Crippen LogP contribution < -0.4 is 15.4 Å². The summed E-state index contributed by atoms with van der Waals surface area (Å²) < 4.78 is 15.8. The summed E-state index contributed by atoms with van der Waals surface area (Å²) in [7, 11) is 3.11. The van der Waals surface area contributed by atoms with Gasteiger partial charge in [0.2, 0.25) is 5.91 Å². The molecule has 0 saturated carbocycles. The highest BCUT2D eigenvalue weighted by Gasteiger charge is 2.46. The first-order chi connectivity index (χ1) is 18.0. The Morgan fingerprint density at radius 3 is 2.30 bits per heavy atom. The summed E-state index contributed by atoms with van der Waals surface area (Å²) in [6.07, 6.45) is -1.39. The molecular formula is C28H29N3O6. The third-order valence-corrected chi connectivity index (χ3v) is 6.00. The molecule has 0 spiro atoms. The number of anilines is 1. The Bertz CT molecular complexity index is 1210. The van der Waals surface area contributed by atoms with Gasteiger partial charge >= 0.3 is 6.09 Å². The minimum absolute atomic E-state index is 0.231. The zero-order valence-electron chi connectivity index (χ0n) is 20.7. The van der Waals surface area contributed by atoms with Crippen molar-refractivity contribution in [2.45, 2.75) is 18.7 Å². The molecule has 2 N–H and O–H groups in total. The van der Waals surface area contributed by atoms with Gasteiger partial charge in [-0.2, -0.15) is 0 Å². The second-order valence-electron chi connectivity index (χ2n) is 8.45. The van der Waals surface area contributed by atoms with Crippen LogP contribution in [-0.2, 0) is 20.8 Å². The van der Waals surface area contributed by atoms with Crippen LogP contribution in [0.4, 0.5) is 10.5 Å². The minimum atomic E-state index is -0.871. The number of hydrogen-bond acceptors (Lipinski definition) is 6. The summed E-state index contributed by atoms with van der Waals surface area (Å²) in [5.41, 5.74) is 2.57. The average molecular weight is 504 g/mol. The lowest BCUT2D eigenvalue weighted by molar-refractivity contribution is -0.126. The van der Waals surface area contributed by atoms with Crippen LogP contribution in [0.1, 0.15) is 27.6 Å². The largest absolute Gasteiger partial charge is 0.497 e. The number of ether oxygens (including phenoxy) is 3. The van der Waals surface area contributed by atoms with Gasteiger partial charge in [0, 0.05) is 24.9 Å². The fourth-order valence-electron chi connectivity index (χ4n) is 4.07. The highest BCUT2D eigenvalue weighted by molar-refractivity contribution is 6.04. The predicted octanol–water partition coefficient (Wildman–Crippen LogP) is 3.77. The fraction of sp³-hybridized carbons (Fsp3) is 0.250. The van der Waals surface area contributed by atoms with E-state index < -0.39 is 18.2 Å². The molecule has 9 nitrogen and oxygen atoms in total. The van der Waals surface area contributed by atoms with Crippen LogP contribution in [0.2, 0.25) is 0 Å². The summed E-state index contributed by atoms with van der Waals surface area (Å²) in [5, 5.41) is 5.66. The second kappa shape index (κ2) is 12.0. The highest BCUT2D eigenvalue weighted by Crippen LogP contribution is 2.34. The molecule has 9 heteroatoms. The summed E-state index contributed by atoms with van der Waals surface area (Å²) in [6, 6.07) is 22.2. The number of carbonyl (C=O) groups is 3. The van der Waals surface area contributed by atoms with Gasteiger partial charge in [-0.15, -0.1) is 0 Å². The van der Waals surface area contributed by atoms with Gasteiger partial charge in [0.1, 0.15) is 5.75 Å². The molecule has 0 aliphatic carbocycles. The molecule has 0 unspecified atom stereocenters. The number of amides is 3. The van der Waals surface area contributed by atoms with Gasteiger partial charge < -0.3 is 24.8 Å². The second-order valence-corrected chi connectivity index (χ2v) is 8.45. The van der Waals surface area contributed by atoms with Gasteiger partial charge in [-0.3, -0.25) is 14.5 Å². The lowest BCUT2D eigenvalue weighted by Gasteiger charge is -2.24. The van der Waals surface area contributed by atoms with Crippen molar-refractivity contribution in [1.82, 2.24) is 10.2 Å². The Morgan fingerprint density at radius 1 is 0.946 bits per heavy atom. The quantitative estimate of drug-likeness (QED) is 0.408. The Balaban J connectivity index is 1.51. The fourth-order valence-corrected chi connectivity index (χ4v) is 4.07. The Hall–Kier alpha value is -4.37. The van der Waals surface area contributed by atoms with Crippen molar-refractivity contribution in [3.63, 3.8) is 0 Å². The predicted molar refractivity (Wildman–Crippen MR) is 137 cm³/mol. The molecule has 1 saturated heterocycles. The number of methoxy groups -OCH3 is 2. The lowest BCUT2D eigenvalue weighted by Crippen LogP contribution is -2.46. The molecule has 1 heterocycles. The van der Waals surface area contributed by atoms with Crippen molar-refractivity contribution < 1.29 is 28.6 Å². The van der Waals surface area contributed by atoms with E-state index in [4.69, 9.17) is 14.2 Å². The molecule has 4 rings (SSSR count). The van der Waals surface area contributed by atoms with Crippen LogP contribution in [0.3, 0.4) is 0 Å². The number of hydrogen-bond donors (Lipinski definition) is 2. The van der Waals surface area contributed by atoms with Crippen LogP contribution in [0.25, 0.3) is 0 Å². The van der Waals surface area contributed by atoms with Crippen molar-refractivity contribution in [3.8, 4) is 5.75 Å². The molecule has 37 heavy (non-hydrogen) atoms. The maximum atomic E-state index is 13.2. The molecule has 0 radical (unpaired) electrons. The first kappa shape index (κ1) is 25.7. The normalized spacial score (nSPS) is 16.7. The van der Waals surface area contributed by atoms with Crippen LogP contribution in [0.5, 0.6) is 5.75 Å².